The van der Waals surface area contributed by atoms with Crippen LogP contribution in [0.1, 0.15) is 37.7 Å². The van der Waals surface area contributed by atoms with Crippen molar-refractivity contribution >= 4 is 0 Å². The second-order valence-electron chi connectivity index (χ2n) is 7.84. The van der Waals surface area contributed by atoms with Gasteiger partial charge in [-0.05, 0) is 31.9 Å². The maximum absolute atomic E-state index is 10.7. The molecule has 0 radical (unpaired) electrons. The SMILES string of the molecule is CN(CCc1ccccc1)[C@H]1[C@H](O)[C@H](CO)O[C@@H]1CNC1CCCCC1. The van der Waals surface area contributed by atoms with Crippen LogP contribution in [0.25, 0.3) is 0 Å². The molecule has 5 heteroatoms. The minimum atomic E-state index is -0.654. The Kier molecular flexibility index (Phi) is 7.46. The first-order chi connectivity index (χ1) is 12.7. The second-order valence-corrected chi connectivity index (χ2v) is 7.84. The Hall–Kier alpha value is -0.980. The van der Waals surface area contributed by atoms with Crippen molar-refractivity contribution in [1.29, 1.82) is 0 Å². The first kappa shape index (κ1) is 19.8. The molecule has 0 unspecified atom stereocenters. The lowest BCUT2D eigenvalue weighted by Crippen LogP contribution is -2.50. The molecular weight excluding hydrogens is 328 g/mol. The molecule has 0 amide bonds. The Morgan fingerprint density at radius 3 is 2.54 bits per heavy atom. The van der Waals surface area contributed by atoms with Gasteiger partial charge in [-0.2, -0.15) is 0 Å². The standard InChI is InChI=1S/C21H34N2O3/c1-23(13-12-16-8-4-2-5-9-16)20-18(26-19(15-24)21(20)25)14-22-17-10-6-3-7-11-17/h2,4-5,8-9,17-22,24-25H,3,6-7,10-15H2,1H3/t18-,19+,20-,21-/m1/s1. The van der Waals surface area contributed by atoms with Crippen LogP contribution in [0.4, 0.5) is 0 Å². The maximum atomic E-state index is 10.7. The van der Waals surface area contributed by atoms with E-state index in [-0.39, 0.29) is 18.8 Å². The van der Waals surface area contributed by atoms with Gasteiger partial charge in [0.2, 0.25) is 0 Å². The third-order valence-corrected chi connectivity index (χ3v) is 5.96. The van der Waals surface area contributed by atoms with Gasteiger partial charge in [-0.3, -0.25) is 4.90 Å². The number of hydrogen-bond acceptors (Lipinski definition) is 5. The van der Waals surface area contributed by atoms with E-state index in [0.29, 0.717) is 6.04 Å². The molecule has 0 spiro atoms. The number of benzene rings is 1. The number of likely N-dealkylation sites (N-methyl/N-ethyl adjacent to an activating group) is 1. The van der Waals surface area contributed by atoms with Crippen molar-refractivity contribution in [3.63, 3.8) is 0 Å². The Morgan fingerprint density at radius 2 is 1.85 bits per heavy atom. The quantitative estimate of drug-likeness (QED) is 0.655. The summed E-state index contributed by atoms with van der Waals surface area (Å²) in [6, 6.07) is 10.9. The molecule has 1 saturated carbocycles. The van der Waals surface area contributed by atoms with Crippen LogP contribution in [0.5, 0.6) is 0 Å². The second kappa shape index (κ2) is 9.81. The van der Waals surface area contributed by atoms with Crippen molar-refractivity contribution in [2.45, 2.75) is 68.9 Å². The van der Waals surface area contributed by atoms with Crippen LogP contribution in [0.15, 0.2) is 30.3 Å². The predicted octanol–water partition coefficient (Wildman–Crippen LogP) is 1.57. The van der Waals surface area contributed by atoms with Crippen LogP contribution in [0.2, 0.25) is 0 Å². The van der Waals surface area contributed by atoms with E-state index in [0.717, 1.165) is 19.5 Å². The van der Waals surface area contributed by atoms with E-state index in [1.165, 1.54) is 37.7 Å². The van der Waals surface area contributed by atoms with E-state index >= 15 is 0 Å². The first-order valence-corrected chi connectivity index (χ1v) is 10.1. The zero-order valence-corrected chi connectivity index (χ0v) is 15.9. The van der Waals surface area contributed by atoms with Crippen molar-refractivity contribution in [2.75, 3.05) is 26.7 Å². The van der Waals surface area contributed by atoms with Crippen molar-refractivity contribution < 1.29 is 14.9 Å². The van der Waals surface area contributed by atoms with Crippen molar-refractivity contribution in [2.24, 2.45) is 0 Å². The Morgan fingerprint density at radius 1 is 1.12 bits per heavy atom. The molecule has 1 heterocycles. The van der Waals surface area contributed by atoms with E-state index in [2.05, 4.69) is 34.5 Å². The van der Waals surface area contributed by atoms with Crippen LogP contribution in [0, 0.1) is 0 Å². The molecule has 0 aromatic heterocycles. The number of nitrogens with one attached hydrogen (secondary N) is 1. The molecule has 3 N–H and O–H groups in total. The summed E-state index contributed by atoms with van der Waals surface area (Å²) in [7, 11) is 2.05. The highest BCUT2D eigenvalue weighted by Gasteiger charge is 2.45. The molecule has 1 aromatic rings. The molecule has 1 aromatic carbocycles. The van der Waals surface area contributed by atoms with Gasteiger partial charge in [0.05, 0.1) is 18.8 Å². The first-order valence-electron chi connectivity index (χ1n) is 10.1. The van der Waals surface area contributed by atoms with E-state index < -0.39 is 12.2 Å². The lowest BCUT2D eigenvalue weighted by Gasteiger charge is -2.32. The topological polar surface area (TPSA) is 65.0 Å². The minimum Gasteiger partial charge on any atom is -0.394 e. The van der Waals surface area contributed by atoms with E-state index in [1.807, 2.05) is 13.1 Å². The molecule has 2 aliphatic rings. The summed E-state index contributed by atoms with van der Waals surface area (Å²) in [4.78, 5) is 2.19. The average Bonchev–Trinajstić information content (AvgIpc) is 3.01. The summed E-state index contributed by atoms with van der Waals surface area (Å²) in [5.74, 6) is 0. The van der Waals surface area contributed by atoms with Crippen molar-refractivity contribution in [3.05, 3.63) is 35.9 Å². The van der Waals surface area contributed by atoms with E-state index in [9.17, 15) is 10.2 Å². The zero-order valence-electron chi connectivity index (χ0n) is 15.9. The normalized spacial score (nSPS) is 30.2. The summed E-state index contributed by atoms with van der Waals surface area (Å²) in [5, 5.41) is 23.9. The highest BCUT2D eigenvalue weighted by atomic mass is 16.5. The van der Waals surface area contributed by atoms with Gasteiger partial charge in [0, 0.05) is 19.1 Å². The molecule has 1 aliphatic heterocycles. The molecule has 0 bridgehead atoms. The molecular formula is C21H34N2O3. The third kappa shape index (κ3) is 5.05. The zero-order chi connectivity index (χ0) is 18.4. The number of aliphatic hydroxyl groups excluding tert-OH is 2. The molecule has 3 rings (SSSR count). The van der Waals surface area contributed by atoms with Crippen molar-refractivity contribution in [1.82, 2.24) is 10.2 Å². The summed E-state index contributed by atoms with van der Waals surface area (Å²) < 4.78 is 6.00. The van der Waals surface area contributed by atoms with E-state index in [4.69, 9.17) is 4.74 Å². The average molecular weight is 363 g/mol. The van der Waals surface area contributed by atoms with E-state index in [1.54, 1.807) is 0 Å². The lowest BCUT2D eigenvalue weighted by atomic mass is 9.95. The molecule has 4 atom stereocenters. The number of nitrogens with zero attached hydrogens (tertiary/aromatic N) is 1. The molecule has 1 saturated heterocycles. The van der Waals surface area contributed by atoms with Gasteiger partial charge in [0.25, 0.3) is 0 Å². The summed E-state index contributed by atoms with van der Waals surface area (Å²) in [6.07, 6.45) is 6.10. The Bertz CT molecular complexity index is 521. The van der Waals surface area contributed by atoms with Gasteiger partial charge in [-0.15, -0.1) is 0 Å². The van der Waals surface area contributed by atoms with Gasteiger partial charge < -0.3 is 20.3 Å². The fraction of sp³-hybridized carbons (Fsp3) is 0.714. The van der Waals surface area contributed by atoms with Gasteiger partial charge >= 0.3 is 0 Å². The van der Waals surface area contributed by atoms with Crippen molar-refractivity contribution in [3.8, 4) is 0 Å². The van der Waals surface area contributed by atoms with Crippen LogP contribution < -0.4 is 5.32 Å². The van der Waals surface area contributed by atoms with Gasteiger partial charge in [-0.25, -0.2) is 0 Å². The summed E-state index contributed by atoms with van der Waals surface area (Å²) in [6.45, 7) is 1.45. The Balaban J connectivity index is 1.56. The molecule has 26 heavy (non-hydrogen) atoms. The van der Waals surface area contributed by atoms with Gasteiger partial charge in [-0.1, -0.05) is 49.6 Å². The maximum Gasteiger partial charge on any atom is 0.109 e. The number of rotatable bonds is 8. The fourth-order valence-corrected chi connectivity index (χ4v) is 4.38. The molecule has 5 nitrogen and oxygen atoms in total. The summed E-state index contributed by atoms with van der Waals surface area (Å²) in [5.41, 5.74) is 1.29. The van der Waals surface area contributed by atoms with Crippen LogP contribution in [-0.4, -0.2) is 72.3 Å². The molecule has 146 valence electrons. The lowest BCUT2D eigenvalue weighted by molar-refractivity contribution is -0.0220. The summed E-state index contributed by atoms with van der Waals surface area (Å²) >= 11 is 0. The van der Waals surface area contributed by atoms with Gasteiger partial charge in [0.1, 0.15) is 12.2 Å². The van der Waals surface area contributed by atoms with Crippen LogP contribution in [-0.2, 0) is 11.2 Å². The fourth-order valence-electron chi connectivity index (χ4n) is 4.38. The number of aliphatic hydroxyl groups is 2. The molecule has 2 fully saturated rings. The highest BCUT2D eigenvalue weighted by molar-refractivity contribution is 5.15. The number of hydrogen-bond donors (Lipinski definition) is 3. The highest BCUT2D eigenvalue weighted by Crippen LogP contribution is 2.26. The third-order valence-electron chi connectivity index (χ3n) is 5.96. The Labute approximate surface area is 157 Å². The largest absolute Gasteiger partial charge is 0.394 e. The van der Waals surface area contributed by atoms with Crippen LogP contribution >= 0.6 is 0 Å². The monoisotopic (exact) mass is 362 g/mol. The van der Waals surface area contributed by atoms with Gasteiger partial charge in [0.15, 0.2) is 0 Å². The predicted molar refractivity (Wildman–Crippen MR) is 103 cm³/mol. The smallest absolute Gasteiger partial charge is 0.109 e. The number of ether oxygens (including phenoxy) is 1. The minimum absolute atomic E-state index is 0.0908. The molecule has 1 aliphatic carbocycles. The van der Waals surface area contributed by atoms with Crippen LogP contribution in [0.3, 0.4) is 0 Å².